The van der Waals surface area contributed by atoms with E-state index in [0.29, 0.717) is 23.0 Å². The van der Waals surface area contributed by atoms with Crippen molar-refractivity contribution in [3.8, 4) is 107 Å². The summed E-state index contributed by atoms with van der Waals surface area (Å²) in [5.41, 5.74) is 18.0. The molecular formula is C99H63LiN5OS2+. The van der Waals surface area contributed by atoms with E-state index >= 15 is 0 Å². The number of fused-ring (bicyclic) bond motifs is 11. The smallest absolute Gasteiger partial charge is 0.868 e. The zero-order chi connectivity index (χ0) is 71.2. The standard InChI is InChI=1S/C45H29N3S.C45H27NS.C9H7NO.Li/c1-4-13-30(14-5-1)31-25-27-32(28-26-31)37-21-11-23-39-40-24-12-22-38(42(40)49-41(37)39)35-19-10-20-36(29-35)45-47-43(33-15-6-2-7-16-33)46-44(48-45)34-17-8-3-9-18-34;1-3-11-30-25-32(19-17-28(30)9-1)42-36-14-5-6-15-37(36)43(33-20-18-29-10-2-4-12-31(29)26-33)40-27-34(21-22-38(40)42)44-45-39(23-24-46-44)35-13-7-8-16-41(35)47-45;11-8-5-1-3-7-4-2-6-10-9(7)8;/h1-29H;1-27H;1-6,11H;/q;;;+1. The van der Waals surface area contributed by atoms with Crippen LogP contribution in [0.5, 0.6) is 5.75 Å². The first-order valence-corrected chi connectivity index (χ1v) is 37.5. The van der Waals surface area contributed by atoms with Gasteiger partial charge < -0.3 is 5.11 Å². The van der Waals surface area contributed by atoms with Crippen molar-refractivity contribution in [2.75, 3.05) is 0 Å². The third-order valence-corrected chi connectivity index (χ3v) is 22.8. The molecule has 0 unspecified atom stereocenters. The molecule has 108 heavy (non-hydrogen) atoms. The van der Waals surface area contributed by atoms with Crippen molar-refractivity contribution in [1.82, 2.24) is 19.9 Å². The molecule has 0 spiro atoms. The van der Waals surface area contributed by atoms with Crippen molar-refractivity contribution in [1.29, 1.82) is 0 Å². The number of hydrogen-bond donors (Lipinski definition) is 0. The summed E-state index contributed by atoms with van der Waals surface area (Å²) < 4.78 is 5.09. The number of aromatic nitrogens is 5. The third kappa shape index (κ3) is 12.7. The Labute approximate surface area is 644 Å². The van der Waals surface area contributed by atoms with Crippen molar-refractivity contribution < 1.29 is 29.0 Å². The Hall–Kier alpha value is -13.0. The average molecular weight is 1410 g/mol. The molecule has 0 saturated heterocycles. The van der Waals surface area contributed by atoms with Crippen LogP contribution in [-0.2, 0) is 0 Å². The fourth-order valence-electron chi connectivity index (χ4n) is 15.1. The number of H-pyrrole nitrogens is 1. The Bertz CT molecular complexity index is 6900. The Morgan fingerprint density at radius 3 is 1.32 bits per heavy atom. The number of nitrogens with one attached hydrogen (secondary N) is 1. The molecule has 0 aliphatic heterocycles. The maximum atomic E-state index is 11.1. The normalized spacial score (nSPS) is 11.3. The van der Waals surface area contributed by atoms with Crippen LogP contribution in [-0.4, -0.2) is 19.9 Å². The van der Waals surface area contributed by atoms with E-state index in [-0.39, 0.29) is 24.6 Å². The van der Waals surface area contributed by atoms with Crippen LogP contribution in [0.1, 0.15) is 0 Å². The van der Waals surface area contributed by atoms with Crippen LogP contribution >= 0.6 is 22.7 Å². The second kappa shape index (κ2) is 29.1. The predicted octanol–water partition coefficient (Wildman–Crippen LogP) is 23.0. The van der Waals surface area contributed by atoms with Crippen molar-refractivity contribution in [2.45, 2.75) is 0 Å². The van der Waals surface area contributed by atoms with Crippen molar-refractivity contribution in [2.24, 2.45) is 0 Å². The summed E-state index contributed by atoms with van der Waals surface area (Å²) in [6.45, 7) is 0. The molecule has 0 radical (unpaired) electrons. The van der Waals surface area contributed by atoms with Crippen molar-refractivity contribution >= 4 is 117 Å². The van der Waals surface area contributed by atoms with E-state index in [9.17, 15) is 5.11 Å². The van der Waals surface area contributed by atoms with Crippen LogP contribution in [0.4, 0.5) is 0 Å². The Morgan fingerprint density at radius 1 is 0.259 bits per heavy atom. The first-order chi connectivity index (χ1) is 53.0. The van der Waals surface area contributed by atoms with Crippen LogP contribution in [0.25, 0.3) is 195 Å². The zero-order valence-electron chi connectivity index (χ0n) is 58.8. The van der Waals surface area contributed by atoms with Crippen LogP contribution in [0.15, 0.2) is 376 Å². The molecule has 1 N–H and O–H groups in total. The average Bonchev–Trinajstić information content (AvgIpc) is 0.747. The van der Waals surface area contributed by atoms with Gasteiger partial charge in [0, 0.05) is 75.5 Å². The SMILES string of the molecule is [Li+].[O-]c1cccc2ccc[nH+]c12.c1ccc(-c2ccc(-c3cccc4c3sc3c(-c5cccc(-c6nc(-c7ccccc7)nc(-c7ccccc7)n6)c5)cccc34)cc2)cc1.c1ccc2cc(-c3c4ccccc4c(-c4ccc5ccccc5c4)c4cc(-c5nccc6c5sc5ccccc56)ccc34)ccc2c1. The molecule has 0 atom stereocenters. The Kier molecular flexibility index (Phi) is 18.0. The maximum absolute atomic E-state index is 11.1. The summed E-state index contributed by atoms with van der Waals surface area (Å²) in [5.74, 6) is 2.01. The van der Waals surface area contributed by atoms with Gasteiger partial charge in [0.1, 0.15) is 0 Å². The van der Waals surface area contributed by atoms with Gasteiger partial charge in [-0.2, -0.15) is 0 Å². The molecule has 0 saturated carbocycles. The fourth-order valence-corrected chi connectivity index (χ4v) is 17.7. The molecule has 5 heterocycles. The third-order valence-electron chi connectivity index (χ3n) is 20.3. The molecule has 0 fully saturated rings. The van der Waals surface area contributed by atoms with Crippen molar-refractivity contribution in [3.05, 3.63) is 376 Å². The van der Waals surface area contributed by atoms with Crippen LogP contribution in [0.2, 0.25) is 0 Å². The van der Waals surface area contributed by atoms with Gasteiger partial charge in [-0.25, -0.2) is 19.9 Å². The largest absolute Gasteiger partial charge is 1.00 e. The van der Waals surface area contributed by atoms with E-state index < -0.39 is 0 Å². The van der Waals surface area contributed by atoms with E-state index in [1.165, 1.54) is 134 Å². The maximum Gasteiger partial charge on any atom is 1.00 e. The van der Waals surface area contributed by atoms with Gasteiger partial charge in [-0.3, -0.25) is 4.98 Å². The van der Waals surface area contributed by atoms with Crippen LogP contribution in [0, 0.1) is 0 Å². The topological polar surface area (TPSA) is 88.8 Å². The molecule has 21 aromatic rings. The summed E-state index contributed by atoms with van der Waals surface area (Å²) >= 11 is 3.70. The molecule has 21 rings (SSSR count). The summed E-state index contributed by atoms with van der Waals surface area (Å²) in [7, 11) is 0. The molecule has 16 aromatic carbocycles. The number of aromatic amines is 1. The first-order valence-electron chi connectivity index (χ1n) is 35.8. The van der Waals surface area contributed by atoms with E-state index in [1.54, 1.807) is 18.3 Å². The number of rotatable bonds is 9. The van der Waals surface area contributed by atoms with Crippen LogP contribution in [0.3, 0.4) is 0 Å². The van der Waals surface area contributed by atoms with E-state index in [2.05, 4.69) is 278 Å². The summed E-state index contributed by atoms with van der Waals surface area (Å²) in [5, 5.41) is 27.2. The number of pyridine rings is 2. The summed E-state index contributed by atoms with van der Waals surface area (Å²) in [6, 6.07) is 128. The molecule has 6 nitrogen and oxygen atoms in total. The van der Waals surface area contributed by atoms with Gasteiger partial charge in [-0.05, 0) is 153 Å². The van der Waals surface area contributed by atoms with Gasteiger partial charge in [0.25, 0.3) is 0 Å². The minimum atomic E-state index is 0. The minimum absolute atomic E-state index is 0. The van der Waals surface area contributed by atoms with Crippen molar-refractivity contribution in [3.63, 3.8) is 0 Å². The molecule has 0 aliphatic carbocycles. The van der Waals surface area contributed by atoms with Crippen LogP contribution < -0.4 is 29.0 Å². The van der Waals surface area contributed by atoms with Gasteiger partial charge in [-0.15, -0.1) is 22.7 Å². The molecule has 0 aliphatic rings. The molecule has 5 aromatic heterocycles. The summed E-state index contributed by atoms with van der Waals surface area (Å²) in [4.78, 5) is 22.8. The molecule has 9 heteroatoms. The minimum Gasteiger partial charge on any atom is -0.868 e. The second-order valence-corrected chi connectivity index (χ2v) is 28.8. The van der Waals surface area contributed by atoms with E-state index in [1.807, 2.05) is 108 Å². The molecular weight excluding hydrogens is 1350 g/mol. The molecule has 0 amide bonds. The zero-order valence-corrected chi connectivity index (χ0v) is 60.4. The molecule has 502 valence electrons. The van der Waals surface area contributed by atoms with Gasteiger partial charge in [-0.1, -0.05) is 309 Å². The van der Waals surface area contributed by atoms with Gasteiger partial charge in [0.15, 0.2) is 23.7 Å². The predicted molar refractivity (Wildman–Crippen MR) is 449 cm³/mol. The number of benzene rings is 16. The molecule has 0 bridgehead atoms. The number of nitrogens with zero attached hydrogens (tertiary/aromatic N) is 4. The second-order valence-electron chi connectivity index (χ2n) is 26.7. The van der Waals surface area contributed by atoms with E-state index in [4.69, 9.17) is 19.9 Å². The van der Waals surface area contributed by atoms with Gasteiger partial charge in [0.2, 0.25) is 5.52 Å². The Morgan fingerprint density at radius 2 is 0.694 bits per heavy atom. The summed E-state index contributed by atoms with van der Waals surface area (Å²) in [6.07, 6.45) is 3.72. The first kappa shape index (κ1) is 66.9. The Balaban J connectivity index is 0.000000132. The quantitative estimate of drug-likeness (QED) is 0.106. The fraction of sp³-hybridized carbons (Fsp3) is 0. The number of thiophene rings is 2. The van der Waals surface area contributed by atoms with Gasteiger partial charge >= 0.3 is 18.9 Å². The van der Waals surface area contributed by atoms with E-state index in [0.717, 1.165) is 38.9 Å². The monoisotopic (exact) mass is 1410 g/mol. The number of hydrogen-bond acceptors (Lipinski definition) is 7. The van der Waals surface area contributed by atoms with Gasteiger partial charge in [0.05, 0.1) is 10.4 Å². The number of para-hydroxylation sites is 1.